The number of carboxylic acids is 1. The molecule has 1 atom stereocenters. The molecule has 0 spiro atoms. The largest absolute Gasteiger partial charge is 0.480 e. The fourth-order valence-electron chi connectivity index (χ4n) is 1.37. The van der Waals surface area contributed by atoms with Gasteiger partial charge in [-0.05, 0) is 20.8 Å². The molecule has 116 valence electrons. The Bertz CT molecular complexity index is 351. The molecule has 0 aliphatic heterocycles. The minimum atomic E-state index is -1.22. The van der Waals surface area contributed by atoms with Gasteiger partial charge >= 0.3 is 12.0 Å². The summed E-state index contributed by atoms with van der Waals surface area (Å²) in [7, 11) is 0. The predicted octanol–water partition coefficient (Wildman–Crippen LogP) is -0.574. The van der Waals surface area contributed by atoms with Gasteiger partial charge in [-0.25, -0.2) is 9.59 Å². The number of amides is 3. The summed E-state index contributed by atoms with van der Waals surface area (Å²) < 4.78 is 0. The van der Waals surface area contributed by atoms with Crippen LogP contribution in [0.4, 0.5) is 4.79 Å². The highest BCUT2D eigenvalue weighted by atomic mass is 16.4. The van der Waals surface area contributed by atoms with Crippen molar-refractivity contribution in [3.63, 3.8) is 0 Å². The lowest BCUT2D eigenvalue weighted by atomic mass is 10.1. The number of urea groups is 1. The van der Waals surface area contributed by atoms with Crippen molar-refractivity contribution in [1.29, 1.82) is 0 Å². The lowest BCUT2D eigenvalue weighted by Gasteiger charge is -2.20. The number of rotatable bonds is 7. The normalized spacial score (nSPS) is 12.4. The van der Waals surface area contributed by atoms with Crippen LogP contribution in [0.1, 0.15) is 33.6 Å². The molecule has 0 aliphatic carbocycles. The minimum absolute atomic E-state index is 0.0761. The van der Waals surface area contributed by atoms with E-state index < -0.39 is 18.0 Å². The molecule has 0 aromatic heterocycles. The van der Waals surface area contributed by atoms with Crippen molar-refractivity contribution in [3.8, 4) is 0 Å². The van der Waals surface area contributed by atoms with Gasteiger partial charge < -0.3 is 26.2 Å². The first-order valence-electron chi connectivity index (χ1n) is 6.34. The van der Waals surface area contributed by atoms with Gasteiger partial charge in [0.15, 0.2) is 0 Å². The number of hydrogen-bond donors (Lipinski definition) is 5. The monoisotopic (exact) mass is 289 g/mol. The maximum Gasteiger partial charge on any atom is 0.326 e. The number of carbonyl (C=O) groups is 3. The number of aliphatic hydroxyl groups excluding tert-OH is 1. The van der Waals surface area contributed by atoms with E-state index in [4.69, 9.17) is 10.2 Å². The third kappa shape index (κ3) is 9.15. The van der Waals surface area contributed by atoms with E-state index >= 15 is 0 Å². The maximum absolute atomic E-state index is 11.5. The first-order valence-corrected chi connectivity index (χ1v) is 6.34. The molecule has 8 heteroatoms. The van der Waals surface area contributed by atoms with E-state index in [0.717, 1.165) is 0 Å². The summed E-state index contributed by atoms with van der Waals surface area (Å²) in [6.45, 7) is 5.29. The number of nitrogens with one attached hydrogen (secondary N) is 3. The van der Waals surface area contributed by atoms with Crippen molar-refractivity contribution in [3.05, 3.63) is 0 Å². The Morgan fingerprint density at radius 2 is 1.80 bits per heavy atom. The number of carbonyl (C=O) groups excluding carboxylic acids is 2. The molecule has 20 heavy (non-hydrogen) atoms. The SMILES string of the molecule is CC(C)(C)NC(=O)CCNC(=O)N[C@H](CCO)C(=O)O. The average Bonchev–Trinajstić information content (AvgIpc) is 2.25. The fraction of sp³-hybridized carbons (Fsp3) is 0.750. The van der Waals surface area contributed by atoms with Gasteiger partial charge in [-0.2, -0.15) is 0 Å². The van der Waals surface area contributed by atoms with Crippen LogP contribution in [0.15, 0.2) is 0 Å². The van der Waals surface area contributed by atoms with Crippen molar-refractivity contribution in [1.82, 2.24) is 16.0 Å². The van der Waals surface area contributed by atoms with Gasteiger partial charge in [0.25, 0.3) is 0 Å². The standard InChI is InChI=1S/C12H23N3O5/c1-12(2,3)15-9(17)4-6-13-11(20)14-8(5-7-16)10(18)19/h8,16H,4-7H2,1-3H3,(H,15,17)(H,18,19)(H2,13,14,20)/t8-/m1/s1. The fourth-order valence-corrected chi connectivity index (χ4v) is 1.37. The number of carboxylic acid groups (broad SMARTS) is 1. The second kappa shape index (κ2) is 8.36. The van der Waals surface area contributed by atoms with E-state index in [9.17, 15) is 14.4 Å². The predicted molar refractivity (Wildman–Crippen MR) is 72.2 cm³/mol. The lowest BCUT2D eigenvalue weighted by Crippen LogP contribution is -2.47. The highest BCUT2D eigenvalue weighted by Crippen LogP contribution is 1.98. The van der Waals surface area contributed by atoms with Crippen LogP contribution in [-0.4, -0.2) is 52.9 Å². The van der Waals surface area contributed by atoms with Crippen LogP contribution in [0.3, 0.4) is 0 Å². The molecule has 0 unspecified atom stereocenters. The Balaban J connectivity index is 3.99. The molecule has 3 amide bonds. The van der Waals surface area contributed by atoms with E-state index in [-0.39, 0.29) is 37.4 Å². The van der Waals surface area contributed by atoms with Crippen molar-refractivity contribution in [2.24, 2.45) is 0 Å². The van der Waals surface area contributed by atoms with Crippen LogP contribution in [0.25, 0.3) is 0 Å². The van der Waals surface area contributed by atoms with Gasteiger partial charge in [-0.3, -0.25) is 4.79 Å². The third-order valence-electron chi connectivity index (χ3n) is 2.17. The summed E-state index contributed by atoms with van der Waals surface area (Å²) in [5.74, 6) is -1.43. The van der Waals surface area contributed by atoms with Crippen LogP contribution in [0.5, 0.6) is 0 Å². The maximum atomic E-state index is 11.5. The van der Waals surface area contributed by atoms with Crippen molar-refractivity contribution < 1.29 is 24.6 Å². The highest BCUT2D eigenvalue weighted by Gasteiger charge is 2.19. The Kier molecular flexibility index (Phi) is 7.60. The van der Waals surface area contributed by atoms with Crippen LogP contribution in [0, 0.1) is 0 Å². The van der Waals surface area contributed by atoms with Gasteiger partial charge in [-0.1, -0.05) is 0 Å². The first kappa shape index (κ1) is 18.2. The van der Waals surface area contributed by atoms with Gasteiger partial charge in [-0.15, -0.1) is 0 Å². The van der Waals surface area contributed by atoms with Crippen molar-refractivity contribution >= 4 is 17.9 Å². The molecule has 0 fully saturated rings. The summed E-state index contributed by atoms with van der Waals surface area (Å²) in [4.78, 5) is 33.6. The van der Waals surface area contributed by atoms with Crippen LogP contribution in [-0.2, 0) is 9.59 Å². The molecular weight excluding hydrogens is 266 g/mol. The number of hydrogen-bond acceptors (Lipinski definition) is 4. The zero-order valence-corrected chi connectivity index (χ0v) is 12.0. The van der Waals surface area contributed by atoms with E-state index in [0.29, 0.717) is 0 Å². The molecule has 5 N–H and O–H groups in total. The number of aliphatic carboxylic acids is 1. The van der Waals surface area contributed by atoms with Crippen LogP contribution >= 0.6 is 0 Å². The molecule has 0 saturated carbocycles. The molecule has 0 aromatic rings. The van der Waals surface area contributed by atoms with E-state index in [1.807, 2.05) is 20.8 Å². The van der Waals surface area contributed by atoms with E-state index in [1.54, 1.807) is 0 Å². The van der Waals surface area contributed by atoms with Gasteiger partial charge in [0, 0.05) is 31.5 Å². The van der Waals surface area contributed by atoms with Gasteiger partial charge in [0.1, 0.15) is 6.04 Å². The molecule has 0 radical (unpaired) electrons. The Hall–Kier alpha value is -1.83. The second-order valence-corrected chi connectivity index (χ2v) is 5.35. The quantitative estimate of drug-likeness (QED) is 0.428. The molecule has 0 saturated heterocycles. The molecule has 0 bridgehead atoms. The molecular formula is C12H23N3O5. The molecule has 0 aromatic carbocycles. The van der Waals surface area contributed by atoms with Crippen molar-refractivity contribution in [2.75, 3.05) is 13.2 Å². The molecule has 0 heterocycles. The lowest BCUT2D eigenvalue weighted by molar-refractivity contribution is -0.139. The first-order chi connectivity index (χ1) is 9.15. The van der Waals surface area contributed by atoms with E-state index in [2.05, 4.69) is 16.0 Å². The van der Waals surface area contributed by atoms with Crippen molar-refractivity contribution in [2.45, 2.75) is 45.2 Å². The third-order valence-corrected chi connectivity index (χ3v) is 2.17. The Labute approximate surface area is 117 Å². The summed E-state index contributed by atoms with van der Waals surface area (Å²) in [5, 5.41) is 24.8. The number of aliphatic hydroxyl groups is 1. The van der Waals surface area contributed by atoms with Crippen LogP contribution < -0.4 is 16.0 Å². The van der Waals surface area contributed by atoms with Crippen LogP contribution in [0.2, 0.25) is 0 Å². The summed E-state index contributed by atoms with van der Waals surface area (Å²) in [6.07, 6.45) is 0.0235. The smallest absolute Gasteiger partial charge is 0.326 e. The topological polar surface area (TPSA) is 128 Å². The molecule has 0 rings (SSSR count). The summed E-state index contributed by atoms with van der Waals surface area (Å²) in [6, 6.07) is -1.84. The van der Waals surface area contributed by atoms with Gasteiger partial charge in [0.05, 0.1) is 0 Å². The average molecular weight is 289 g/mol. The van der Waals surface area contributed by atoms with Gasteiger partial charge in [0.2, 0.25) is 5.91 Å². The summed E-state index contributed by atoms with van der Waals surface area (Å²) >= 11 is 0. The minimum Gasteiger partial charge on any atom is -0.480 e. The molecule has 0 aliphatic rings. The Morgan fingerprint density at radius 1 is 1.20 bits per heavy atom. The summed E-state index contributed by atoms with van der Waals surface area (Å²) in [5.41, 5.74) is -0.338. The Morgan fingerprint density at radius 3 is 2.25 bits per heavy atom. The second-order valence-electron chi connectivity index (χ2n) is 5.35. The molecule has 8 nitrogen and oxygen atoms in total. The highest BCUT2D eigenvalue weighted by molar-refractivity contribution is 5.83. The zero-order valence-electron chi connectivity index (χ0n) is 12.0. The van der Waals surface area contributed by atoms with E-state index in [1.165, 1.54) is 0 Å². The zero-order chi connectivity index (χ0) is 15.8.